The number of aromatic amines is 1. The number of anilines is 1. The molecule has 3 N–H and O–H groups in total. The fourth-order valence-electron chi connectivity index (χ4n) is 2.95. The second kappa shape index (κ2) is 6.72. The quantitative estimate of drug-likeness (QED) is 0.408. The molecule has 4 aromatic rings. The summed E-state index contributed by atoms with van der Waals surface area (Å²) in [5, 5.41) is 3.20. The molecule has 3 heterocycles. The third kappa shape index (κ3) is 2.91. The first-order chi connectivity index (χ1) is 13.4. The van der Waals surface area contributed by atoms with E-state index in [4.69, 9.17) is 10.3 Å². The summed E-state index contributed by atoms with van der Waals surface area (Å²) >= 11 is 1.18. The SMILES string of the molecule is Cc1ccc(-[n+]2[nH]oc(=O)c2C(=O)c2sc3nc(C(C)C)ccc3c2N)cc1. The molecule has 0 saturated heterocycles. The molecule has 7 nitrogen and oxygen atoms in total. The number of pyridine rings is 1. The number of aromatic nitrogens is 3. The van der Waals surface area contributed by atoms with Gasteiger partial charge in [-0.05, 0) is 34.9 Å². The molecule has 28 heavy (non-hydrogen) atoms. The van der Waals surface area contributed by atoms with Crippen molar-refractivity contribution < 1.29 is 14.0 Å². The summed E-state index contributed by atoms with van der Waals surface area (Å²) in [6.07, 6.45) is 0. The van der Waals surface area contributed by atoms with E-state index < -0.39 is 11.4 Å². The fraction of sp³-hybridized carbons (Fsp3) is 0.200. The lowest BCUT2D eigenvalue weighted by Crippen LogP contribution is -2.41. The second-order valence-corrected chi connectivity index (χ2v) is 7.92. The number of benzene rings is 1. The molecule has 1 aromatic carbocycles. The smallest absolute Gasteiger partial charge is 0.397 e. The molecule has 142 valence electrons. The number of nitrogens with zero attached hydrogens (tertiary/aromatic N) is 2. The Kier molecular flexibility index (Phi) is 4.35. The van der Waals surface area contributed by atoms with Crippen molar-refractivity contribution in [3.8, 4) is 5.69 Å². The number of thiophene rings is 1. The molecule has 8 heteroatoms. The third-order valence-electron chi connectivity index (χ3n) is 4.57. The van der Waals surface area contributed by atoms with Crippen LogP contribution >= 0.6 is 11.3 Å². The first kappa shape index (κ1) is 18.1. The van der Waals surface area contributed by atoms with Crippen molar-refractivity contribution in [2.45, 2.75) is 26.7 Å². The number of fused-ring (bicyclic) bond motifs is 1. The van der Waals surface area contributed by atoms with Crippen LogP contribution in [0.1, 0.15) is 46.4 Å². The van der Waals surface area contributed by atoms with E-state index in [0.717, 1.165) is 11.3 Å². The standard InChI is InChI=1S/C20H18N4O3S/c1-10(2)14-9-8-13-15(21)18(28-19(13)22-14)17(25)16-20(26)27-23-24(16)12-6-4-11(3)5-7-12/h4-10H,1-3H3,(H2-,21,23,25,26)/p+1. The Hall–Kier alpha value is -3.26. The van der Waals surface area contributed by atoms with Crippen molar-refractivity contribution in [2.75, 3.05) is 5.73 Å². The van der Waals surface area contributed by atoms with E-state index in [2.05, 4.69) is 10.3 Å². The van der Waals surface area contributed by atoms with Crippen molar-refractivity contribution in [2.24, 2.45) is 0 Å². The molecule has 0 aliphatic carbocycles. The maximum absolute atomic E-state index is 13.2. The van der Waals surface area contributed by atoms with Crippen LogP contribution < -0.4 is 16.0 Å². The van der Waals surface area contributed by atoms with Gasteiger partial charge in [-0.2, -0.15) is 0 Å². The molecular weight excluding hydrogens is 376 g/mol. The van der Waals surface area contributed by atoms with Crippen molar-refractivity contribution in [1.29, 1.82) is 0 Å². The van der Waals surface area contributed by atoms with Gasteiger partial charge < -0.3 is 5.73 Å². The van der Waals surface area contributed by atoms with Crippen LogP contribution in [0, 0.1) is 6.92 Å². The highest BCUT2D eigenvalue weighted by Crippen LogP contribution is 2.34. The summed E-state index contributed by atoms with van der Waals surface area (Å²) in [4.78, 5) is 31.0. The van der Waals surface area contributed by atoms with Crippen LogP contribution in [0.4, 0.5) is 5.69 Å². The number of carbonyl (C=O) groups is 1. The fourth-order valence-corrected chi connectivity index (χ4v) is 3.99. The minimum absolute atomic E-state index is 0.133. The molecule has 0 bridgehead atoms. The first-order valence-corrected chi connectivity index (χ1v) is 9.62. The molecule has 0 fully saturated rings. The van der Waals surface area contributed by atoms with E-state index in [9.17, 15) is 9.59 Å². The molecule has 3 aromatic heterocycles. The van der Waals surface area contributed by atoms with E-state index in [1.807, 2.05) is 45.0 Å². The summed E-state index contributed by atoms with van der Waals surface area (Å²) in [7, 11) is 0. The van der Waals surface area contributed by atoms with Crippen LogP contribution in [0.3, 0.4) is 0 Å². The van der Waals surface area contributed by atoms with Gasteiger partial charge in [0.2, 0.25) is 5.69 Å². The maximum atomic E-state index is 13.2. The summed E-state index contributed by atoms with van der Waals surface area (Å²) in [5.41, 5.74) is 8.26. The molecule has 0 saturated carbocycles. The topological polar surface area (TPSA) is 106 Å². The van der Waals surface area contributed by atoms with Crippen LogP contribution in [0.15, 0.2) is 45.7 Å². The zero-order chi connectivity index (χ0) is 20.0. The van der Waals surface area contributed by atoms with Crippen LogP contribution in [-0.2, 0) is 0 Å². The molecule has 0 radical (unpaired) electrons. The summed E-state index contributed by atoms with van der Waals surface area (Å²) < 4.78 is 6.23. The van der Waals surface area contributed by atoms with E-state index in [1.165, 1.54) is 16.0 Å². The number of H-pyrrole nitrogens is 1. The Bertz CT molecular complexity index is 1250. The lowest BCUT2D eigenvalue weighted by Gasteiger charge is -2.02. The minimum Gasteiger partial charge on any atom is -0.397 e. The number of aryl methyl sites for hydroxylation is 1. The number of nitrogen functional groups attached to an aromatic ring is 1. The average molecular weight is 395 g/mol. The van der Waals surface area contributed by atoms with Crippen LogP contribution in [-0.4, -0.2) is 16.0 Å². The second-order valence-electron chi connectivity index (χ2n) is 6.92. The van der Waals surface area contributed by atoms with Gasteiger partial charge in [0.05, 0.1) is 5.69 Å². The molecular formula is C20H19N4O3S+. The van der Waals surface area contributed by atoms with Gasteiger partial charge in [-0.25, -0.2) is 9.78 Å². The van der Waals surface area contributed by atoms with Gasteiger partial charge in [-0.1, -0.05) is 31.5 Å². The van der Waals surface area contributed by atoms with Gasteiger partial charge in [0.1, 0.15) is 9.71 Å². The highest BCUT2D eigenvalue weighted by atomic mass is 32.1. The van der Waals surface area contributed by atoms with Gasteiger partial charge in [0, 0.05) is 23.2 Å². The van der Waals surface area contributed by atoms with E-state index in [0.29, 0.717) is 21.6 Å². The van der Waals surface area contributed by atoms with E-state index in [1.54, 1.807) is 12.1 Å². The Morgan fingerprint density at radius 3 is 2.61 bits per heavy atom. The molecule has 0 aliphatic heterocycles. The normalized spacial score (nSPS) is 11.4. The number of nitrogens with two attached hydrogens (primary N) is 1. The zero-order valence-corrected chi connectivity index (χ0v) is 16.5. The number of carbonyl (C=O) groups excluding carboxylic acids is 1. The Morgan fingerprint density at radius 1 is 1.21 bits per heavy atom. The third-order valence-corrected chi connectivity index (χ3v) is 5.68. The van der Waals surface area contributed by atoms with Gasteiger partial charge in [0.25, 0.3) is 5.78 Å². The summed E-state index contributed by atoms with van der Waals surface area (Å²) in [5.74, 6) is -0.241. The van der Waals surface area contributed by atoms with E-state index >= 15 is 0 Å². The summed E-state index contributed by atoms with van der Waals surface area (Å²) in [6, 6.07) is 11.1. The molecule has 0 aliphatic rings. The highest BCUT2D eigenvalue weighted by molar-refractivity contribution is 7.21. The van der Waals surface area contributed by atoms with Gasteiger partial charge >= 0.3 is 11.3 Å². The van der Waals surface area contributed by atoms with Crippen LogP contribution in [0.5, 0.6) is 0 Å². The lowest BCUT2D eigenvalue weighted by atomic mass is 10.1. The van der Waals surface area contributed by atoms with E-state index in [-0.39, 0.29) is 16.5 Å². The van der Waals surface area contributed by atoms with Crippen LogP contribution in [0.2, 0.25) is 0 Å². The minimum atomic E-state index is -0.752. The Labute approximate surface area is 164 Å². The Morgan fingerprint density at radius 2 is 1.93 bits per heavy atom. The predicted molar refractivity (Wildman–Crippen MR) is 107 cm³/mol. The number of hydrogen-bond acceptors (Lipinski definition) is 6. The molecule has 0 amide bonds. The zero-order valence-electron chi connectivity index (χ0n) is 15.6. The Balaban J connectivity index is 1.85. The number of nitrogens with one attached hydrogen (secondary N) is 1. The van der Waals surface area contributed by atoms with Crippen LogP contribution in [0.25, 0.3) is 15.9 Å². The van der Waals surface area contributed by atoms with Gasteiger partial charge in [-0.15, -0.1) is 11.3 Å². The first-order valence-electron chi connectivity index (χ1n) is 8.81. The lowest BCUT2D eigenvalue weighted by molar-refractivity contribution is -0.672. The molecule has 0 unspecified atom stereocenters. The van der Waals surface area contributed by atoms with Gasteiger partial charge in [-0.3, -0.25) is 9.32 Å². The van der Waals surface area contributed by atoms with Crippen molar-refractivity contribution >= 4 is 33.0 Å². The monoisotopic (exact) mass is 395 g/mol. The number of hydrogen-bond donors (Lipinski definition) is 2. The van der Waals surface area contributed by atoms with Crippen molar-refractivity contribution in [3.63, 3.8) is 0 Å². The molecule has 4 rings (SSSR count). The molecule has 0 spiro atoms. The summed E-state index contributed by atoms with van der Waals surface area (Å²) in [6.45, 7) is 6.05. The highest BCUT2D eigenvalue weighted by Gasteiger charge is 2.34. The van der Waals surface area contributed by atoms with Gasteiger partial charge in [0.15, 0.2) is 0 Å². The molecule has 0 atom stereocenters. The number of rotatable bonds is 4. The largest absolute Gasteiger partial charge is 0.439 e. The maximum Gasteiger partial charge on any atom is 0.439 e. The average Bonchev–Trinajstić information content (AvgIpc) is 3.22. The van der Waals surface area contributed by atoms with Crippen molar-refractivity contribution in [1.82, 2.24) is 10.3 Å². The predicted octanol–water partition coefficient (Wildman–Crippen LogP) is 3.10. The van der Waals surface area contributed by atoms with Crippen molar-refractivity contribution in [3.05, 3.63) is 68.6 Å². The number of ketones is 1.